The van der Waals surface area contributed by atoms with Crippen LogP contribution in [0.1, 0.15) is 6.42 Å². The number of carbonyl (C=O) groups is 2. The first-order valence-corrected chi connectivity index (χ1v) is 5.21. The van der Waals surface area contributed by atoms with E-state index in [9.17, 15) is 9.59 Å². The van der Waals surface area contributed by atoms with Crippen LogP contribution in [0.4, 0.5) is 0 Å². The molecule has 1 amide bonds. The van der Waals surface area contributed by atoms with Crippen LogP contribution < -0.4 is 5.73 Å². The fourth-order valence-electron chi connectivity index (χ4n) is 1.41. The summed E-state index contributed by atoms with van der Waals surface area (Å²) in [6, 6.07) is 0. The third-order valence-electron chi connectivity index (χ3n) is 2.21. The summed E-state index contributed by atoms with van der Waals surface area (Å²) in [6.45, 7) is 0.936. The lowest BCUT2D eigenvalue weighted by molar-refractivity contribution is -0.162. The van der Waals surface area contributed by atoms with E-state index in [1.165, 1.54) is 12.0 Å². The van der Waals surface area contributed by atoms with Crippen molar-refractivity contribution in [2.75, 3.05) is 26.8 Å². The molecule has 16 heavy (non-hydrogen) atoms. The number of carbonyl (C=O) groups excluding carboxylic acids is 2. The zero-order valence-corrected chi connectivity index (χ0v) is 9.79. The second-order valence-corrected chi connectivity index (χ2v) is 3.89. The number of hydrogen-bond donors (Lipinski definition) is 1. The Kier molecular flexibility index (Phi) is 4.63. The van der Waals surface area contributed by atoms with Gasteiger partial charge in [0.2, 0.25) is 5.91 Å². The number of thiocarbonyl (C=S) groups is 1. The predicted molar refractivity (Wildman–Crippen MR) is 59.7 cm³/mol. The van der Waals surface area contributed by atoms with E-state index < -0.39 is 12.1 Å². The molecule has 0 aromatic heterocycles. The van der Waals surface area contributed by atoms with Gasteiger partial charge in [0, 0.05) is 6.54 Å². The van der Waals surface area contributed by atoms with Crippen molar-refractivity contribution in [3.8, 4) is 0 Å². The minimum atomic E-state index is -0.714. The van der Waals surface area contributed by atoms with Gasteiger partial charge in [-0.25, -0.2) is 4.79 Å². The molecule has 90 valence electrons. The molecule has 1 heterocycles. The van der Waals surface area contributed by atoms with Crippen molar-refractivity contribution in [3.63, 3.8) is 0 Å². The van der Waals surface area contributed by atoms with E-state index in [-0.39, 0.29) is 23.9 Å². The van der Waals surface area contributed by atoms with E-state index in [1.807, 2.05) is 0 Å². The molecule has 0 aromatic carbocycles. The summed E-state index contributed by atoms with van der Waals surface area (Å²) in [4.78, 5) is 24.5. The van der Waals surface area contributed by atoms with Gasteiger partial charge in [0.05, 0.1) is 31.7 Å². The number of amides is 1. The fraction of sp³-hybridized carbons (Fsp3) is 0.667. The molecular weight excluding hydrogens is 232 g/mol. The van der Waals surface area contributed by atoms with E-state index in [2.05, 4.69) is 17.0 Å². The molecule has 0 radical (unpaired) electrons. The molecule has 0 spiro atoms. The Hall–Kier alpha value is -1.21. The van der Waals surface area contributed by atoms with Gasteiger partial charge in [-0.05, 0) is 0 Å². The molecule has 1 rings (SSSR count). The van der Waals surface area contributed by atoms with Crippen molar-refractivity contribution in [1.29, 1.82) is 0 Å². The molecule has 1 aliphatic rings. The molecule has 2 N–H and O–H groups in total. The number of methoxy groups -OCH3 is 1. The Bertz CT molecular complexity index is 308. The van der Waals surface area contributed by atoms with E-state index in [0.717, 1.165) is 0 Å². The van der Waals surface area contributed by atoms with Crippen LogP contribution in [-0.4, -0.2) is 54.7 Å². The second-order valence-electron chi connectivity index (χ2n) is 3.37. The smallest absolute Gasteiger partial charge is 0.336 e. The quantitative estimate of drug-likeness (QED) is 0.511. The van der Waals surface area contributed by atoms with Gasteiger partial charge in [-0.3, -0.25) is 4.79 Å². The number of nitrogens with two attached hydrogens (primary N) is 1. The number of hydrogen-bond acceptors (Lipinski definition) is 5. The van der Waals surface area contributed by atoms with Crippen molar-refractivity contribution in [1.82, 2.24) is 4.90 Å². The lowest BCUT2D eigenvalue weighted by atomic mass is 10.2. The molecule has 6 nitrogen and oxygen atoms in total. The van der Waals surface area contributed by atoms with Crippen molar-refractivity contribution in [2.45, 2.75) is 12.5 Å². The Morgan fingerprint density at radius 2 is 2.31 bits per heavy atom. The van der Waals surface area contributed by atoms with Gasteiger partial charge in [-0.15, -0.1) is 0 Å². The predicted octanol–water partition coefficient (Wildman–Crippen LogP) is -0.937. The Labute approximate surface area is 98.7 Å². The molecule has 0 aliphatic carbocycles. The van der Waals surface area contributed by atoms with Gasteiger partial charge >= 0.3 is 5.97 Å². The maximum atomic E-state index is 11.6. The number of ether oxygens (including phenoxy) is 2. The van der Waals surface area contributed by atoms with Gasteiger partial charge in [0.1, 0.15) is 0 Å². The Morgan fingerprint density at radius 3 is 2.88 bits per heavy atom. The summed E-state index contributed by atoms with van der Waals surface area (Å²) in [5.41, 5.74) is 5.28. The first-order chi connectivity index (χ1) is 7.54. The zero-order valence-electron chi connectivity index (χ0n) is 8.97. The molecule has 1 fully saturated rings. The largest absolute Gasteiger partial charge is 0.467 e. The summed E-state index contributed by atoms with van der Waals surface area (Å²) in [7, 11) is 1.28. The molecule has 1 aliphatic heterocycles. The molecule has 1 atom stereocenters. The van der Waals surface area contributed by atoms with Crippen molar-refractivity contribution < 1.29 is 19.1 Å². The summed E-state index contributed by atoms with van der Waals surface area (Å²) in [6.07, 6.45) is -0.697. The number of nitrogens with zero attached hydrogens (tertiary/aromatic N) is 1. The highest BCUT2D eigenvalue weighted by molar-refractivity contribution is 7.80. The minimum Gasteiger partial charge on any atom is -0.467 e. The van der Waals surface area contributed by atoms with Gasteiger partial charge in [-0.2, -0.15) is 0 Å². The summed E-state index contributed by atoms with van der Waals surface area (Å²) < 4.78 is 9.73. The third kappa shape index (κ3) is 3.42. The number of morpholine rings is 1. The average Bonchev–Trinajstić information content (AvgIpc) is 2.27. The first kappa shape index (κ1) is 12.9. The zero-order chi connectivity index (χ0) is 12.1. The van der Waals surface area contributed by atoms with Gasteiger partial charge in [0.25, 0.3) is 0 Å². The maximum absolute atomic E-state index is 11.6. The molecular formula is C9H14N2O4S. The Morgan fingerprint density at radius 1 is 1.62 bits per heavy atom. The lowest BCUT2D eigenvalue weighted by Crippen LogP contribution is -2.49. The second kappa shape index (κ2) is 5.76. The third-order valence-corrected chi connectivity index (χ3v) is 2.35. The highest BCUT2D eigenvalue weighted by Crippen LogP contribution is 2.08. The average molecular weight is 246 g/mol. The fourth-order valence-corrected chi connectivity index (χ4v) is 1.53. The topological polar surface area (TPSA) is 81.9 Å². The van der Waals surface area contributed by atoms with Crippen LogP contribution in [0.2, 0.25) is 0 Å². The van der Waals surface area contributed by atoms with Gasteiger partial charge in [-0.1, -0.05) is 12.2 Å². The van der Waals surface area contributed by atoms with Crippen LogP contribution in [0.3, 0.4) is 0 Å². The van der Waals surface area contributed by atoms with Crippen molar-refractivity contribution in [2.24, 2.45) is 5.73 Å². The lowest BCUT2D eigenvalue weighted by Gasteiger charge is -2.31. The monoisotopic (exact) mass is 246 g/mol. The van der Waals surface area contributed by atoms with Crippen LogP contribution in [0.5, 0.6) is 0 Å². The van der Waals surface area contributed by atoms with Gasteiger partial charge in [0.15, 0.2) is 6.10 Å². The molecule has 0 saturated carbocycles. The number of esters is 1. The molecule has 1 saturated heterocycles. The van der Waals surface area contributed by atoms with Crippen molar-refractivity contribution >= 4 is 29.1 Å². The Balaban J connectivity index is 2.53. The van der Waals surface area contributed by atoms with E-state index in [1.54, 1.807) is 0 Å². The van der Waals surface area contributed by atoms with E-state index >= 15 is 0 Å². The number of rotatable bonds is 3. The minimum absolute atomic E-state index is 0.0171. The highest BCUT2D eigenvalue weighted by atomic mass is 32.1. The molecule has 0 aromatic rings. The van der Waals surface area contributed by atoms with Gasteiger partial charge < -0.3 is 20.1 Å². The van der Waals surface area contributed by atoms with Crippen LogP contribution in [0, 0.1) is 0 Å². The van der Waals surface area contributed by atoms with Crippen molar-refractivity contribution in [3.05, 3.63) is 0 Å². The van der Waals surface area contributed by atoms with Crippen LogP contribution in [0.25, 0.3) is 0 Å². The molecule has 1 unspecified atom stereocenters. The molecule has 0 bridgehead atoms. The van der Waals surface area contributed by atoms with E-state index in [0.29, 0.717) is 13.2 Å². The highest BCUT2D eigenvalue weighted by Gasteiger charge is 2.29. The summed E-state index contributed by atoms with van der Waals surface area (Å²) in [5.74, 6) is -0.669. The first-order valence-electron chi connectivity index (χ1n) is 4.80. The van der Waals surface area contributed by atoms with E-state index in [4.69, 9.17) is 10.5 Å². The SMILES string of the molecule is COC(=O)C1CN(C(=O)CC(N)=S)CCO1. The van der Waals surface area contributed by atoms with Crippen LogP contribution in [-0.2, 0) is 19.1 Å². The normalized spacial score (nSPS) is 20.3. The molecule has 7 heteroatoms. The standard InChI is InChI=1S/C9H14N2O4S/c1-14-9(13)6-5-11(2-3-15-6)8(12)4-7(10)16/h6H,2-5H2,1H3,(H2,10,16). The summed E-state index contributed by atoms with van der Waals surface area (Å²) in [5, 5.41) is 0. The maximum Gasteiger partial charge on any atom is 0.336 e. The summed E-state index contributed by atoms with van der Waals surface area (Å²) >= 11 is 4.65. The van der Waals surface area contributed by atoms with Crippen LogP contribution >= 0.6 is 12.2 Å². The van der Waals surface area contributed by atoms with Crippen LogP contribution in [0.15, 0.2) is 0 Å².